The van der Waals surface area contributed by atoms with E-state index < -0.39 is 59.5 Å². The molecule has 0 aliphatic heterocycles. The van der Waals surface area contributed by atoms with Crippen molar-refractivity contribution in [2.45, 2.75) is 31.2 Å². The van der Waals surface area contributed by atoms with Crippen LogP contribution < -0.4 is 10.6 Å². The summed E-state index contributed by atoms with van der Waals surface area (Å²) >= 11 is 17.4. The van der Waals surface area contributed by atoms with Crippen molar-refractivity contribution in [3.05, 3.63) is 73.7 Å². The lowest BCUT2D eigenvalue weighted by Gasteiger charge is -2.19. The number of halogens is 10. The summed E-state index contributed by atoms with van der Waals surface area (Å²) in [6.07, 6.45) is -8.50. The summed E-state index contributed by atoms with van der Waals surface area (Å²) in [6.45, 7) is -0.0451. The summed E-state index contributed by atoms with van der Waals surface area (Å²) < 4.78 is 94.4. The smallest absolute Gasteiger partial charge is 0.352 e. The lowest BCUT2D eigenvalue weighted by Crippen LogP contribution is -2.45. The van der Waals surface area contributed by atoms with Gasteiger partial charge in [-0.15, -0.1) is 0 Å². The first-order chi connectivity index (χ1) is 17.1. The molecule has 2 N–H and O–H groups in total. The van der Waals surface area contributed by atoms with Crippen molar-refractivity contribution in [3.63, 3.8) is 0 Å². The second-order valence-corrected chi connectivity index (χ2v) is 8.85. The zero-order chi connectivity index (χ0) is 28.1. The molecule has 2 rings (SSSR count). The van der Waals surface area contributed by atoms with Gasteiger partial charge < -0.3 is 10.6 Å². The van der Waals surface area contributed by atoms with E-state index in [9.17, 15) is 40.3 Å². The van der Waals surface area contributed by atoms with Crippen molar-refractivity contribution < 1.29 is 40.3 Å². The third-order valence-corrected chi connectivity index (χ3v) is 6.12. The molecule has 4 nitrogen and oxygen atoms in total. The molecule has 0 bridgehead atoms. The van der Waals surface area contributed by atoms with E-state index in [0.29, 0.717) is 12.1 Å². The van der Waals surface area contributed by atoms with Gasteiger partial charge in [0.05, 0.1) is 32.1 Å². The number of rotatable bonds is 8. The molecule has 0 fully saturated rings. The fourth-order valence-electron chi connectivity index (χ4n) is 3.13. The molecule has 2 atom stereocenters. The van der Waals surface area contributed by atoms with Crippen LogP contribution in [0.1, 0.15) is 39.9 Å². The number of hydrogen-bond acceptors (Lipinski definition) is 2. The fourth-order valence-corrected chi connectivity index (χ4v) is 3.75. The van der Waals surface area contributed by atoms with Gasteiger partial charge in [-0.3, -0.25) is 9.59 Å². The normalized spacial score (nSPS) is 13.9. The van der Waals surface area contributed by atoms with E-state index >= 15 is 0 Å². The van der Waals surface area contributed by atoms with Crippen LogP contribution in [0.15, 0.2) is 36.4 Å². The van der Waals surface area contributed by atoms with Gasteiger partial charge in [0.25, 0.3) is 5.91 Å². The number of amides is 2. The minimum absolute atomic E-state index is 0.158. The molecule has 0 aromatic heterocycles. The molecule has 14 heteroatoms. The van der Waals surface area contributed by atoms with Crippen LogP contribution in [0.3, 0.4) is 0 Å². The number of hydrogen-bond donors (Lipinski definition) is 2. The number of nitrogens with one attached hydrogen (secondary N) is 2. The number of carbonyl (C=O) groups is 2. The van der Waals surface area contributed by atoms with Gasteiger partial charge in [0.2, 0.25) is 5.91 Å². The van der Waals surface area contributed by atoms with E-state index in [4.69, 9.17) is 34.8 Å². The molecule has 37 heavy (non-hydrogen) atoms. The lowest BCUT2D eigenvalue weighted by molar-refractivity contribution is -0.139. The van der Waals surface area contributed by atoms with Crippen LogP contribution in [0.25, 0.3) is 6.08 Å². The van der Waals surface area contributed by atoms with Crippen molar-refractivity contribution in [2.75, 3.05) is 13.2 Å². The minimum Gasteiger partial charge on any atom is -0.352 e. The van der Waals surface area contributed by atoms with Crippen LogP contribution in [0, 0.1) is 0 Å². The first-order valence-electron chi connectivity index (χ1n) is 10.3. The molecular weight excluding hydrogens is 576 g/mol. The van der Waals surface area contributed by atoms with Crippen molar-refractivity contribution >= 4 is 52.7 Å². The fraction of sp³-hybridized carbons (Fsp3) is 0.304. The summed E-state index contributed by atoms with van der Waals surface area (Å²) in [5.74, 6) is -4.37. The Balaban J connectivity index is 2.41. The maximum atomic E-state index is 13.7. The van der Waals surface area contributed by atoms with E-state index in [-0.39, 0.29) is 27.2 Å². The molecule has 2 aromatic carbocycles. The molecule has 0 saturated heterocycles. The monoisotopic (exact) mass is 592 g/mol. The zero-order valence-electron chi connectivity index (χ0n) is 18.7. The van der Waals surface area contributed by atoms with Gasteiger partial charge in [-0.05, 0) is 42.3 Å². The van der Waals surface area contributed by atoms with Crippen LogP contribution in [0.5, 0.6) is 0 Å². The summed E-state index contributed by atoms with van der Waals surface area (Å²) in [4.78, 5) is 24.2. The van der Waals surface area contributed by atoms with E-state index in [1.54, 1.807) is 0 Å². The second-order valence-electron chi connectivity index (χ2n) is 7.65. The summed E-state index contributed by atoms with van der Waals surface area (Å²) in [7, 11) is 0. The molecule has 2 aromatic rings. The Hall–Kier alpha value is -2.50. The minimum atomic E-state index is -5.06. The Labute approximate surface area is 221 Å². The van der Waals surface area contributed by atoms with Crippen LogP contribution in [-0.2, 0) is 11.0 Å². The molecule has 2 unspecified atom stereocenters. The van der Waals surface area contributed by atoms with Crippen molar-refractivity contribution in [3.8, 4) is 0 Å². The standard InChI is InChI=1S/C23H18Cl3F7N2O2/c1-11(20(36)34-7-6-27)35-21(37)14-4-2-12(8-16(14)23(31,32)33)3-5-15(22(28,29)30)13-9-17(24)19(26)18(25)10-13/h2-5,8-11,15H,6-7H2,1H3,(H,34,36)(H,35,37). The zero-order valence-corrected chi connectivity index (χ0v) is 21.0. The van der Waals surface area contributed by atoms with Crippen molar-refractivity contribution in [1.82, 2.24) is 10.6 Å². The highest BCUT2D eigenvalue weighted by Crippen LogP contribution is 2.41. The molecule has 202 valence electrons. The SMILES string of the molecule is CC(NC(=O)c1ccc(C=CC(c2cc(Cl)c(Cl)c(Cl)c2)C(F)(F)F)cc1C(F)(F)F)C(=O)NCCF. The van der Waals surface area contributed by atoms with Crippen LogP contribution in [-0.4, -0.2) is 37.3 Å². The predicted octanol–water partition coefficient (Wildman–Crippen LogP) is 7.23. The van der Waals surface area contributed by atoms with E-state index in [1.165, 1.54) is 6.92 Å². The van der Waals surface area contributed by atoms with Crippen molar-refractivity contribution in [1.29, 1.82) is 0 Å². The van der Waals surface area contributed by atoms with Gasteiger partial charge in [-0.2, -0.15) is 26.3 Å². The number of alkyl halides is 7. The molecule has 2 amide bonds. The summed E-state index contributed by atoms with van der Waals surface area (Å²) in [5.41, 5.74) is -2.99. The van der Waals surface area contributed by atoms with E-state index in [0.717, 1.165) is 30.3 Å². The first kappa shape index (κ1) is 30.7. The summed E-state index contributed by atoms with van der Waals surface area (Å²) in [5, 5.41) is 3.56. The third kappa shape index (κ3) is 8.24. The van der Waals surface area contributed by atoms with Gasteiger partial charge in [-0.25, -0.2) is 4.39 Å². The van der Waals surface area contributed by atoms with E-state index in [1.807, 2.05) is 0 Å². The molecule has 0 aliphatic carbocycles. The van der Waals surface area contributed by atoms with Gasteiger partial charge in [0, 0.05) is 6.54 Å². The van der Waals surface area contributed by atoms with Gasteiger partial charge in [-0.1, -0.05) is 53.0 Å². The maximum absolute atomic E-state index is 13.7. The average Bonchev–Trinajstić information content (AvgIpc) is 2.79. The number of benzene rings is 2. The highest BCUT2D eigenvalue weighted by atomic mass is 35.5. The third-order valence-electron chi connectivity index (χ3n) is 4.93. The molecule has 0 spiro atoms. The Morgan fingerprint density at radius 2 is 1.59 bits per heavy atom. The lowest BCUT2D eigenvalue weighted by atomic mass is 9.96. The van der Waals surface area contributed by atoms with Crippen LogP contribution in [0.2, 0.25) is 15.1 Å². The van der Waals surface area contributed by atoms with Crippen molar-refractivity contribution in [2.24, 2.45) is 0 Å². The highest BCUT2D eigenvalue weighted by molar-refractivity contribution is 6.48. The van der Waals surface area contributed by atoms with Crippen LogP contribution >= 0.6 is 34.8 Å². The van der Waals surface area contributed by atoms with Crippen LogP contribution in [0.4, 0.5) is 30.7 Å². The molecule has 0 saturated carbocycles. The Kier molecular flexibility index (Phi) is 10.3. The Morgan fingerprint density at radius 1 is 1.00 bits per heavy atom. The molecule has 0 radical (unpaired) electrons. The molecule has 0 aliphatic rings. The Bertz CT molecular complexity index is 1160. The average molecular weight is 594 g/mol. The second kappa shape index (κ2) is 12.4. The maximum Gasteiger partial charge on any atom is 0.417 e. The van der Waals surface area contributed by atoms with E-state index in [2.05, 4.69) is 10.6 Å². The highest BCUT2D eigenvalue weighted by Gasteiger charge is 2.40. The topological polar surface area (TPSA) is 58.2 Å². The number of allylic oxidation sites excluding steroid dienone is 1. The molecular formula is C23H18Cl3F7N2O2. The first-order valence-corrected chi connectivity index (χ1v) is 11.4. The summed E-state index contributed by atoms with van der Waals surface area (Å²) in [6, 6.07) is 2.86. The predicted molar refractivity (Wildman–Crippen MR) is 127 cm³/mol. The Morgan fingerprint density at radius 3 is 2.11 bits per heavy atom. The van der Waals surface area contributed by atoms with Gasteiger partial charge in [0.1, 0.15) is 12.7 Å². The van der Waals surface area contributed by atoms with Gasteiger partial charge >= 0.3 is 12.4 Å². The molecule has 0 heterocycles. The largest absolute Gasteiger partial charge is 0.417 e. The number of carbonyl (C=O) groups excluding carboxylic acids is 2. The quantitative estimate of drug-likeness (QED) is 0.251. The van der Waals surface area contributed by atoms with Gasteiger partial charge in [0.15, 0.2) is 0 Å².